The molecule has 0 radical (unpaired) electrons. The van der Waals surface area contributed by atoms with E-state index in [4.69, 9.17) is 0 Å². The topological polar surface area (TPSA) is 61.4 Å². The maximum absolute atomic E-state index is 13.7. The molecule has 0 saturated carbocycles. The highest BCUT2D eigenvalue weighted by molar-refractivity contribution is 9.10. The maximum atomic E-state index is 13.7. The van der Waals surface area contributed by atoms with E-state index >= 15 is 0 Å². The van der Waals surface area contributed by atoms with Crippen LogP contribution in [-0.2, 0) is 9.59 Å². The van der Waals surface area contributed by atoms with Gasteiger partial charge in [-0.25, -0.2) is 4.39 Å². The molecule has 0 atom stereocenters. The average Bonchev–Trinajstić information content (AvgIpc) is 2.39. The Kier molecular flexibility index (Phi) is 7.15. The number of nitrogens with one attached hydrogen (secondary N) is 2. The first kappa shape index (κ1) is 19.6. The van der Waals surface area contributed by atoms with Crippen molar-refractivity contribution in [2.45, 2.75) is 33.2 Å². The van der Waals surface area contributed by atoms with E-state index in [1.807, 2.05) is 27.7 Å². The first-order valence-electron chi connectivity index (χ1n) is 7.39. The molecule has 5 nitrogen and oxygen atoms in total. The smallest absolute Gasteiger partial charge is 0.238 e. The number of carbonyl (C=O) groups is 2. The third kappa shape index (κ3) is 7.56. The van der Waals surface area contributed by atoms with E-state index in [9.17, 15) is 14.0 Å². The fraction of sp³-hybridized carbons (Fsp3) is 0.500. The van der Waals surface area contributed by atoms with Gasteiger partial charge in [0.1, 0.15) is 5.82 Å². The molecule has 0 saturated heterocycles. The molecule has 0 unspecified atom stereocenters. The van der Waals surface area contributed by atoms with Crippen molar-refractivity contribution in [3.63, 3.8) is 0 Å². The van der Waals surface area contributed by atoms with E-state index < -0.39 is 5.82 Å². The van der Waals surface area contributed by atoms with Crippen molar-refractivity contribution in [2.75, 3.05) is 25.0 Å². The summed E-state index contributed by atoms with van der Waals surface area (Å²) < 4.78 is 14.3. The minimum absolute atomic E-state index is 0.0174. The number of carbonyl (C=O) groups excluding carboxylic acids is 2. The fourth-order valence-corrected chi connectivity index (χ4v) is 2.26. The zero-order valence-electron chi connectivity index (χ0n) is 13.9. The van der Waals surface area contributed by atoms with Crippen molar-refractivity contribution in [3.05, 3.63) is 28.5 Å². The third-order valence-corrected chi connectivity index (χ3v) is 3.39. The molecular weight excluding hydrogens is 365 g/mol. The molecule has 0 aliphatic carbocycles. The number of hydrogen-bond acceptors (Lipinski definition) is 3. The zero-order valence-corrected chi connectivity index (χ0v) is 15.5. The van der Waals surface area contributed by atoms with Gasteiger partial charge in [-0.1, -0.05) is 22.9 Å². The molecule has 0 bridgehead atoms. The fourth-order valence-electron chi connectivity index (χ4n) is 1.92. The first-order valence-corrected chi connectivity index (χ1v) is 8.18. The molecule has 1 aromatic carbocycles. The van der Waals surface area contributed by atoms with Crippen LogP contribution < -0.4 is 10.6 Å². The van der Waals surface area contributed by atoms with E-state index in [-0.39, 0.29) is 36.1 Å². The Labute approximate surface area is 144 Å². The van der Waals surface area contributed by atoms with Crippen molar-refractivity contribution < 1.29 is 14.0 Å². The summed E-state index contributed by atoms with van der Waals surface area (Å²) in [5.74, 6) is -1.03. The molecular formula is C16H23BrFN3O2. The van der Waals surface area contributed by atoms with Gasteiger partial charge in [-0.3, -0.25) is 14.5 Å². The number of rotatable bonds is 6. The minimum Gasteiger partial charge on any atom is -0.350 e. The average molecular weight is 388 g/mol. The van der Waals surface area contributed by atoms with Crippen molar-refractivity contribution in [1.29, 1.82) is 0 Å². The van der Waals surface area contributed by atoms with E-state index in [0.717, 1.165) is 0 Å². The summed E-state index contributed by atoms with van der Waals surface area (Å²) in [5.41, 5.74) is -0.201. The third-order valence-electron chi connectivity index (χ3n) is 2.90. The van der Waals surface area contributed by atoms with Crippen LogP contribution in [-0.4, -0.2) is 41.9 Å². The quantitative estimate of drug-likeness (QED) is 0.788. The number of halogens is 2. The molecule has 0 heterocycles. The summed E-state index contributed by atoms with van der Waals surface area (Å²) in [6.07, 6.45) is 0. The molecule has 0 aromatic heterocycles. The van der Waals surface area contributed by atoms with Crippen molar-refractivity contribution in [3.8, 4) is 0 Å². The molecule has 1 rings (SSSR count). The lowest BCUT2D eigenvalue weighted by Crippen LogP contribution is -2.47. The normalized spacial score (nSPS) is 11.4. The van der Waals surface area contributed by atoms with Gasteiger partial charge in [0.2, 0.25) is 11.8 Å². The van der Waals surface area contributed by atoms with Crippen LogP contribution in [0.1, 0.15) is 27.7 Å². The predicted octanol–water partition coefficient (Wildman–Crippen LogP) is 2.76. The SMILES string of the molecule is CCN(CC(=O)Nc1ccc(Br)cc1F)CC(=O)NC(C)(C)C. The molecule has 1 aromatic rings. The zero-order chi connectivity index (χ0) is 17.6. The van der Waals surface area contributed by atoms with Crippen LogP contribution >= 0.6 is 15.9 Å². The van der Waals surface area contributed by atoms with Gasteiger partial charge < -0.3 is 10.6 Å². The van der Waals surface area contributed by atoms with Gasteiger partial charge in [0.15, 0.2) is 0 Å². The molecule has 0 fully saturated rings. The molecule has 2 N–H and O–H groups in total. The molecule has 0 spiro atoms. The molecule has 0 aliphatic heterocycles. The highest BCUT2D eigenvalue weighted by Gasteiger charge is 2.18. The van der Waals surface area contributed by atoms with E-state index in [0.29, 0.717) is 11.0 Å². The summed E-state index contributed by atoms with van der Waals surface area (Å²) in [7, 11) is 0. The van der Waals surface area contributed by atoms with Crippen molar-refractivity contribution >= 4 is 33.4 Å². The number of benzene rings is 1. The Balaban J connectivity index is 2.58. The lowest BCUT2D eigenvalue weighted by molar-refractivity contribution is -0.124. The second-order valence-corrected chi connectivity index (χ2v) is 7.19. The second kappa shape index (κ2) is 8.40. The minimum atomic E-state index is -0.513. The van der Waals surface area contributed by atoms with Gasteiger partial charge in [-0.15, -0.1) is 0 Å². The van der Waals surface area contributed by atoms with Gasteiger partial charge in [0, 0.05) is 10.0 Å². The van der Waals surface area contributed by atoms with Gasteiger partial charge >= 0.3 is 0 Å². The van der Waals surface area contributed by atoms with E-state index in [1.165, 1.54) is 12.1 Å². The van der Waals surface area contributed by atoms with Crippen LogP contribution in [0.3, 0.4) is 0 Å². The van der Waals surface area contributed by atoms with Crippen molar-refractivity contribution in [1.82, 2.24) is 10.2 Å². The summed E-state index contributed by atoms with van der Waals surface area (Å²) in [6.45, 7) is 8.21. The Hall–Kier alpha value is -1.47. The van der Waals surface area contributed by atoms with E-state index in [1.54, 1.807) is 11.0 Å². The van der Waals surface area contributed by atoms with Crippen LogP contribution in [0.15, 0.2) is 22.7 Å². The number of anilines is 1. The summed E-state index contributed by atoms with van der Waals surface area (Å²) >= 11 is 3.16. The standard InChI is InChI=1S/C16H23BrFN3O2/c1-5-21(10-15(23)20-16(2,3)4)9-14(22)19-13-7-6-11(17)8-12(13)18/h6-8H,5,9-10H2,1-4H3,(H,19,22)(H,20,23). The van der Waals surface area contributed by atoms with Crippen LogP contribution in [0.2, 0.25) is 0 Å². The highest BCUT2D eigenvalue weighted by atomic mass is 79.9. The highest BCUT2D eigenvalue weighted by Crippen LogP contribution is 2.19. The van der Waals surface area contributed by atoms with E-state index in [2.05, 4.69) is 26.6 Å². The second-order valence-electron chi connectivity index (χ2n) is 6.27. The van der Waals surface area contributed by atoms with Gasteiger partial charge in [0.25, 0.3) is 0 Å². The number of hydrogen-bond donors (Lipinski definition) is 2. The molecule has 7 heteroatoms. The molecule has 128 valence electrons. The van der Waals surface area contributed by atoms with Gasteiger partial charge in [-0.2, -0.15) is 0 Å². The first-order chi connectivity index (χ1) is 10.6. The monoisotopic (exact) mass is 387 g/mol. The molecule has 2 amide bonds. The largest absolute Gasteiger partial charge is 0.350 e. The van der Waals surface area contributed by atoms with Crippen LogP contribution in [0, 0.1) is 5.82 Å². The summed E-state index contributed by atoms with van der Waals surface area (Å²) in [6, 6.07) is 4.41. The van der Waals surface area contributed by atoms with Gasteiger partial charge in [-0.05, 0) is 45.5 Å². The number of likely N-dealkylation sites (N-methyl/N-ethyl adjacent to an activating group) is 1. The Bertz CT molecular complexity index is 573. The molecule has 0 aliphatic rings. The lowest BCUT2D eigenvalue weighted by Gasteiger charge is -2.24. The van der Waals surface area contributed by atoms with Gasteiger partial charge in [0.05, 0.1) is 18.8 Å². The maximum Gasteiger partial charge on any atom is 0.238 e. The Morgan fingerprint density at radius 1 is 1.22 bits per heavy atom. The van der Waals surface area contributed by atoms with Crippen LogP contribution in [0.5, 0.6) is 0 Å². The Morgan fingerprint density at radius 3 is 2.35 bits per heavy atom. The number of nitrogens with zero attached hydrogens (tertiary/aromatic N) is 1. The van der Waals surface area contributed by atoms with Crippen LogP contribution in [0.25, 0.3) is 0 Å². The summed E-state index contributed by atoms with van der Waals surface area (Å²) in [4.78, 5) is 25.6. The van der Waals surface area contributed by atoms with Crippen molar-refractivity contribution in [2.24, 2.45) is 0 Å². The molecule has 23 heavy (non-hydrogen) atoms. The predicted molar refractivity (Wildman–Crippen MR) is 92.7 cm³/mol. The summed E-state index contributed by atoms with van der Waals surface area (Å²) in [5, 5.41) is 5.36. The lowest BCUT2D eigenvalue weighted by atomic mass is 10.1. The Morgan fingerprint density at radius 2 is 1.83 bits per heavy atom. The van der Waals surface area contributed by atoms with Crippen LogP contribution in [0.4, 0.5) is 10.1 Å². The number of amides is 2.